The molecule has 0 saturated heterocycles. The average molecular weight is 246 g/mol. The smallest absolute Gasteiger partial charge is 0.292 e. The second-order valence-electron chi connectivity index (χ2n) is 5.77. The van der Waals surface area contributed by atoms with E-state index in [1.54, 1.807) is 6.07 Å². The first-order chi connectivity index (χ1) is 8.61. The summed E-state index contributed by atoms with van der Waals surface area (Å²) >= 11 is 0. The molecule has 3 rings (SSSR count). The lowest BCUT2D eigenvalue weighted by atomic mass is 10.0. The molecule has 1 aromatic carbocycles. The lowest BCUT2D eigenvalue weighted by Crippen LogP contribution is -2.17. The third kappa shape index (κ3) is 2.07. The van der Waals surface area contributed by atoms with Crippen LogP contribution in [0.3, 0.4) is 0 Å². The molecule has 2 aliphatic rings. The molecule has 18 heavy (non-hydrogen) atoms. The fraction of sp³-hybridized carbons (Fsp3) is 0.571. The number of hydrogen-bond donors (Lipinski definition) is 1. The van der Waals surface area contributed by atoms with Gasteiger partial charge in [-0.3, -0.25) is 10.1 Å². The van der Waals surface area contributed by atoms with E-state index in [0.29, 0.717) is 11.1 Å². The fourth-order valence-electron chi connectivity index (χ4n) is 2.80. The summed E-state index contributed by atoms with van der Waals surface area (Å²) in [6, 6.07) is 5.39. The maximum atomic E-state index is 11.0. The van der Waals surface area contributed by atoms with Crippen molar-refractivity contribution in [3.63, 3.8) is 0 Å². The van der Waals surface area contributed by atoms with Crippen molar-refractivity contribution in [1.82, 2.24) is 0 Å². The third-order valence-corrected chi connectivity index (χ3v) is 4.32. The minimum Gasteiger partial charge on any atom is -0.379 e. The predicted octanol–water partition coefficient (Wildman–Crippen LogP) is 3.51. The number of nitrogens with zero attached hydrogens (tertiary/aromatic N) is 1. The van der Waals surface area contributed by atoms with Gasteiger partial charge in [0.2, 0.25) is 0 Å². The average Bonchev–Trinajstić information content (AvgIpc) is 3.19. The van der Waals surface area contributed by atoms with Crippen LogP contribution in [0, 0.1) is 28.4 Å². The van der Waals surface area contributed by atoms with Gasteiger partial charge in [0.05, 0.1) is 4.92 Å². The van der Waals surface area contributed by atoms with E-state index in [0.717, 1.165) is 18.0 Å². The van der Waals surface area contributed by atoms with Crippen LogP contribution < -0.4 is 5.32 Å². The highest BCUT2D eigenvalue weighted by Gasteiger charge is 2.53. The molecule has 0 spiro atoms. The zero-order valence-electron chi connectivity index (χ0n) is 10.6. The Balaban J connectivity index is 1.74. The molecule has 0 bridgehead atoms. The Morgan fingerprint density at radius 2 is 2.17 bits per heavy atom. The standard InChI is InChI=1S/C14H18N2O2/c1-10-2-5-12(13(8-10)16(17)18)15-9-14(6-7-14)11-3-4-11/h2,5,8,11,15H,3-4,6-7,9H2,1H3. The van der Waals surface area contributed by atoms with Gasteiger partial charge in [-0.25, -0.2) is 0 Å². The number of hydrogen-bond acceptors (Lipinski definition) is 3. The predicted molar refractivity (Wildman–Crippen MR) is 70.7 cm³/mol. The van der Waals surface area contributed by atoms with Crippen LogP contribution in [0.25, 0.3) is 0 Å². The van der Waals surface area contributed by atoms with Crippen LogP contribution in [-0.4, -0.2) is 11.5 Å². The van der Waals surface area contributed by atoms with E-state index in [1.807, 2.05) is 19.1 Å². The summed E-state index contributed by atoms with van der Waals surface area (Å²) in [4.78, 5) is 10.7. The van der Waals surface area contributed by atoms with Crippen molar-refractivity contribution in [2.75, 3.05) is 11.9 Å². The summed E-state index contributed by atoms with van der Waals surface area (Å²) in [6.07, 6.45) is 5.25. The highest BCUT2D eigenvalue weighted by atomic mass is 16.6. The van der Waals surface area contributed by atoms with Crippen LogP contribution in [-0.2, 0) is 0 Å². The maximum Gasteiger partial charge on any atom is 0.292 e. The molecule has 1 N–H and O–H groups in total. The van der Waals surface area contributed by atoms with Gasteiger partial charge < -0.3 is 5.32 Å². The minimum absolute atomic E-state index is 0.196. The van der Waals surface area contributed by atoms with Crippen LogP contribution in [0.1, 0.15) is 31.2 Å². The number of nitro benzene ring substituents is 1. The van der Waals surface area contributed by atoms with E-state index in [9.17, 15) is 10.1 Å². The molecule has 0 amide bonds. The van der Waals surface area contributed by atoms with Crippen molar-refractivity contribution in [1.29, 1.82) is 0 Å². The second kappa shape index (κ2) is 3.97. The molecule has 0 radical (unpaired) electrons. The van der Waals surface area contributed by atoms with Crippen molar-refractivity contribution in [3.8, 4) is 0 Å². The van der Waals surface area contributed by atoms with E-state index < -0.39 is 0 Å². The first kappa shape index (κ1) is 11.5. The summed E-state index contributed by atoms with van der Waals surface area (Å²) in [6.45, 7) is 2.77. The summed E-state index contributed by atoms with van der Waals surface area (Å²) in [7, 11) is 0. The highest BCUT2D eigenvalue weighted by molar-refractivity contribution is 5.62. The Hall–Kier alpha value is -1.58. The lowest BCUT2D eigenvalue weighted by molar-refractivity contribution is -0.384. The van der Waals surface area contributed by atoms with Gasteiger partial charge in [0.1, 0.15) is 5.69 Å². The SMILES string of the molecule is Cc1ccc(NCC2(C3CC3)CC2)c([N+](=O)[O-])c1. The third-order valence-electron chi connectivity index (χ3n) is 4.32. The van der Waals surface area contributed by atoms with Crippen LogP contribution in [0.2, 0.25) is 0 Å². The molecule has 2 fully saturated rings. The molecule has 0 aromatic heterocycles. The van der Waals surface area contributed by atoms with Gasteiger partial charge in [-0.1, -0.05) is 6.07 Å². The summed E-state index contributed by atoms with van der Waals surface area (Å²) in [5.74, 6) is 0.870. The maximum absolute atomic E-state index is 11.0. The molecule has 0 aliphatic heterocycles. The number of benzene rings is 1. The van der Waals surface area contributed by atoms with E-state index in [1.165, 1.54) is 25.7 Å². The van der Waals surface area contributed by atoms with Crippen molar-refractivity contribution in [2.24, 2.45) is 11.3 Å². The van der Waals surface area contributed by atoms with Gasteiger partial charge in [-0.15, -0.1) is 0 Å². The monoisotopic (exact) mass is 246 g/mol. The van der Waals surface area contributed by atoms with E-state index in [4.69, 9.17) is 0 Å². The zero-order chi connectivity index (χ0) is 12.8. The van der Waals surface area contributed by atoms with Gasteiger partial charge in [0.15, 0.2) is 0 Å². The first-order valence-corrected chi connectivity index (χ1v) is 6.60. The van der Waals surface area contributed by atoms with Crippen molar-refractivity contribution in [3.05, 3.63) is 33.9 Å². The quantitative estimate of drug-likeness (QED) is 0.639. The molecule has 0 heterocycles. The van der Waals surface area contributed by atoms with E-state index >= 15 is 0 Å². The fourth-order valence-corrected chi connectivity index (χ4v) is 2.80. The Morgan fingerprint density at radius 3 is 2.72 bits per heavy atom. The molecule has 2 aliphatic carbocycles. The van der Waals surface area contributed by atoms with Crippen LogP contribution >= 0.6 is 0 Å². The Kier molecular flexibility index (Phi) is 2.54. The number of rotatable bonds is 5. The van der Waals surface area contributed by atoms with Crippen molar-refractivity contribution < 1.29 is 4.92 Å². The van der Waals surface area contributed by atoms with Crippen LogP contribution in [0.15, 0.2) is 18.2 Å². The minimum atomic E-state index is -0.300. The number of nitrogens with one attached hydrogen (secondary N) is 1. The summed E-state index contributed by atoms with van der Waals surface area (Å²) < 4.78 is 0. The topological polar surface area (TPSA) is 55.2 Å². The Morgan fingerprint density at radius 1 is 1.44 bits per heavy atom. The Labute approximate surface area is 107 Å². The molecule has 96 valence electrons. The second-order valence-corrected chi connectivity index (χ2v) is 5.77. The van der Waals surface area contributed by atoms with Gasteiger partial charge in [-0.05, 0) is 55.6 Å². The Bertz CT molecular complexity index is 491. The van der Waals surface area contributed by atoms with E-state index in [2.05, 4.69) is 5.32 Å². The van der Waals surface area contributed by atoms with Crippen LogP contribution in [0.5, 0.6) is 0 Å². The zero-order valence-corrected chi connectivity index (χ0v) is 10.6. The van der Waals surface area contributed by atoms with E-state index in [-0.39, 0.29) is 10.6 Å². The normalized spacial score (nSPS) is 20.5. The first-order valence-electron chi connectivity index (χ1n) is 6.60. The molecule has 0 atom stereocenters. The van der Waals surface area contributed by atoms with Crippen LogP contribution in [0.4, 0.5) is 11.4 Å². The van der Waals surface area contributed by atoms with Gasteiger partial charge in [0, 0.05) is 12.6 Å². The van der Waals surface area contributed by atoms with Gasteiger partial charge >= 0.3 is 0 Å². The molecule has 1 aromatic rings. The molecule has 4 heteroatoms. The number of nitro groups is 1. The van der Waals surface area contributed by atoms with Gasteiger partial charge in [-0.2, -0.15) is 0 Å². The molecule has 4 nitrogen and oxygen atoms in total. The molecule has 2 saturated carbocycles. The lowest BCUT2D eigenvalue weighted by Gasteiger charge is -2.16. The van der Waals surface area contributed by atoms with Gasteiger partial charge in [0.25, 0.3) is 5.69 Å². The molecular weight excluding hydrogens is 228 g/mol. The number of anilines is 1. The summed E-state index contributed by atoms with van der Waals surface area (Å²) in [5, 5.41) is 14.3. The molecule has 0 unspecified atom stereocenters. The number of aryl methyl sites for hydroxylation is 1. The molecular formula is C14H18N2O2. The van der Waals surface area contributed by atoms with Crippen molar-refractivity contribution in [2.45, 2.75) is 32.6 Å². The summed E-state index contributed by atoms with van der Waals surface area (Å²) in [5.41, 5.74) is 2.24. The highest BCUT2D eigenvalue weighted by Crippen LogP contribution is 2.61. The largest absolute Gasteiger partial charge is 0.379 e. The van der Waals surface area contributed by atoms with Crippen molar-refractivity contribution >= 4 is 11.4 Å².